The minimum absolute atomic E-state index is 0.138. The Kier molecular flexibility index (Phi) is 5.02. The summed E-state index contributed by atoms with van der Waals surface area (Å²) in [6.45, 7) is 1.77. The Balaban J connectivity index is 1.33. The van der Waals surface area contributed by atoms with Gasteiger partial charge in [-0.25, -0.2) is 4.79 Å². The average molecular weight is 418 g/mol. The first kappa shape index (κ1) is 19.8. The van der Waals surface area contributed by atoms with Gasteiger partial charge >= 0.3 is 6.09 Å². The van der Waals surface area contributed by atoms with Crippen molar-refractivity contribution in [1.82, 2.24) is 10.2 Å². The van der Waals surface area contributed by atoms with Crippen LogP contribution in [0, 0.1) is 5.92 Å². The summed E-state index contributed by atoms with van der Waals surface area (Å²) >= 11 is 0. The van der Waals surface area contributed by atoms with Crippen molar-refractivity contribution in [2.24, 2.45) is 5.92 Å². The van der Waals surface area contributed by atoms with Gasteiger partial charge in [0, 0.05) is 37.8 Å². The second-order valence-electron chi connectivity index (χ2n) is 8.79. The van der Waals surface area contributed by atoms with E-state index in [-0.39, 0.29) is 12.5 Å². The lowest BCUT2D eigenvalue weighted by atomic mass is 9.74. The molecule has 0 spiro atoms. The summed E-state index contributed by atoms with van der Waals surface area (Å²) in [5.41, 5.74) is 6.03. The van der Waals surface area contributed by atoms with Crippen LogP contribution >= 0.6 is 0 Å². The van der Waals surface area contributed by atoms with Gasteiger partial charge in [-0.2, -0.15) is 0 Å². The number of likely N-dealkylation sites (N-methyl/N-ethyl adjacent to an activating group) is 2. The number of fused-ring (bicyclic) bond motifs is 2. The van der Waals surface area contributed by atoms with Crippen molar-refractivity contribution >= 4 is 23.3 Å². The molecular weight excluding hydrogens is 390 g/mol. The van der Waals surface area contributed by atoms with E-state index in [1.54, 1.807) is 0 Å². The van der Waals surface area contributed by atoms with Crippen LogP contribution in [-0.2, 0) is 16.1 Å². The zero-order valence-electron chi connectivity index (χ0n) is 17.9. The van der Waals surface area contributed by atoms with Crippen molar-refractivity contribution in [2.75, 3.05) is 32.1 Å². The molecule has 1 unspecified atom stereocenters. The van der Waals surface area contributed by atoms with Crippen LogP contribution in [0.1, 0.15) is 29.0 Å². The molecule has 0 saturated carbocycles. The van der Waals surface area contributed by atoms with Crippen LogP contribution in [-0.4, -0.2) is 50.1 Å². The van der Waals surface area contributed by atoms with E-state index in [2.05, 4.69) is 53.5 Å². The van der Waals surface area contributed by atoms with Crippen molar-refractivity contribution in [2.45, 2.75) is 25.0 Å². The first-order valence-corrected chi connectivity index (χ1v) is 10.8. The normalized spacial score (nSPS) is 24.1. The molecule has 1 aliphatic carbocycles. The van der Waals surface area contributed by atoms with Crippen LogP contribution in [0.5, 0.6) is 0 Å². The molecule has 6 heteroatoms. The zero-order valence-corrected chi connectivity index (χ0v) is 17.9. The fourth-order valence-corrected chi connectivity index (χ4v) is 5.29. The highest BCUT2D eigenvalue weighted by Gasteiger charge is 2.42. The zero-order chi connectivity index (χ0) is 21.5. The molecule has 0 fully saturated rings. The Morgan fingerprint density at radius 3 is 2.68 bits per heavy atom. The molecule has 31 heavy (non-hydrogen) atoms. The molecule has 1 N–H and O–H groups in total. The van der Waals surface area contributed by atoms with Crippen LogP contribution in [0.4, 0.5) is 10.5 Å². The summed E-state index contributed by atoms with van der Waals surface area (Å²) in [5, 5.41) is 2.42. The molecule has 0 saturated heterocycles. The van der Waals surface area contributed by atoms with E-state index in [4.69, 9.17) is 4.74 Å². The first-order valence-electron chi connectivity index (χ1n) is 10.8. The molecule has 2 aromatic carbocycles. The molecule has 2 heterocycles. The molecule has 3 aliphatic rings. The number of carbonyl (C=O) groups is 2. The van der Waals surface area contributed by atoms with Crippen molar-refractivity contribution < 1.29 is 14.3 Å². The van der Waals surface area contributed by atoms with Gasteiger partial charge < -0.3 is 9.64 Å². The molecule has 0 aromatic heterocycles. The molecule has 5 rings (SSSR count). The largest absolute Gasteiger partial charge is 0.444 e. The SMILES string of the molecule is CN1CC2C[C@@H]3C(=C[C@@H](C(=O)NC(=O)OCc4ccccc4)CN3C)c3cccc1c32. The highest BCUT2D eigenvalue weighted by molar-refractivity contribution is 5.96. The quantitative estimate of drug-likeness (QED) is 0.830. The summed E-state index contributed by atoms with van der Waals surface area (Å²) in [7, 11) is 4.21. The number of carbonyl (C=O) groups excluding carboxylic acids is 2. The van der Waals surface area contributed by atoms with Crippen molar-refractivity contribution in [3.8, 4) is 0 Å². The van der Waals surface area contributed by atoms with Crippen LogP contribution < -0.4 is 10.2 Å². The van der Waals surface area contributed by atoms with Crippen molar-refractivity contribution in [1.29, 1.82) is 0 Å². The lowest BCUT2D eigenvalue weighted by Gasteiger charge is -2.41. The van der Waals surface area contributed by atoms with E-state index in [0.717, 1.165) is 18.5 Å². The topological polar surface area (TPSA) is 61.9 Å². The summed E-state index contributed by atoms with van der Waals surface area (Å²) in [5.74, 6) is -0.186. The van der Waals surface area contributed by atoms with Gasteiger partial charge in [0.05, 0.1) is 5.92 Å². The molecule has 2 aromatic rings. The number of nitrogens with one attached hydrogen (secondary N) is 1. The Bertz CT molecular complexity index is 1050. The fourth-order valence-electron chi connectivity index (χ4n) is 5.29. The van der Waals surface area contributed by atoms with E-state index < -0.39 is 12.0 Å². The molecule has 2 amide bonds. The Hall–Kier alpha value is -3.12. The number of anilines is 1. The van der Waals surface area contributed by atoms with E-state index in [0.29, 0.717) is 18.5 Å². The lowest BCUT2D eigenvalue weighted by molar-refractivity contribution is -0.123. The third-order valence-corrected chi connectivity index (χ3v) is 6.75. The van der Waals surface area contributed by atoms with Crippen molar-refractivity contribution in [3.63, 3.8) is 0 Å². The second-order valence-corrected chi connectivity index (χ2v) is 8.79. The number of amides is 2. The molecule has 0 radical (unpaired) electrons. The monoisotopic (exact) mass is 417 g/mol. The van der Waals surface area contributed by atoms with E-state index in [1.165, 1.54) is 22.4 Å². The molecule has 160 valence electrons. The van der Waals surface area contributed by atoms with Gasteiger partial charge in [0.2, 0.25) is 5.91 Å². The molecule has 0 bridgehead atoms. The number of alkyl carbamates (subject to hydrolysis) is 1. The predicted molar refractivity (Wildman–Crippen MR) is 120 cm³/mol. The standard InChI is InChI=1S/C25H27N3O3/c1-27-13-17-12-22-20(19-9-6-10-21(27)23(17)19)11-18(14-28(22)2)24(29)26-25(30)31-15-16-7-4-3-5-8-16/h3-11,17-18,22H,12-15H2,1-2H3,(H,26,29,30)/t17?,18-,22-/m1/s1. The number of ether oxygens (including phenoxy) is 1. The summed E-state index contributed by atoms with van der Waals surface area (Å²) in [6.07, 6.45) is 2.42. The van der Waals surface area contributed by atoms with Crippen LogP contribution in [0.25, 0.3) is 5.57 Å². The third-order valence-electron chi connectivity index (χ3n) is 6.75. The molecule has 6 nitrogen and oxygen atoms in total. The summed E-state index contributed by atoms with van der Waals surface area (Å²) < 4.78 is 5.22. The van der Waals surface area contributed by atoms with Gasteiger partial charge in [-0.3, -0.25) is 15.0 Å². The number of hydrogen-bond donors (Lipinski definition) is 1. The number of hydrogen-bond acceptors (Lipinski definition) is 5. The number of rotatable bonds is 3. The summed E-state index contributed by atoms with van der Waals surface area (Å²) in [4.78, 5) is 29.6. The van der Waals surface area contributed by atoms with Gasteiger partial charge in [-0.05, 0) is 41.8 Å². The van der Waals surface area contributed by atoms with Gasteiger partial charge in [-0.1, -0.05) is 48.5 Å². The number of imide groups is 1. The maximum Gasteiger partial charge on any atom is 0.414 e. The molecule has 2 aliphatic heterocycles. The minimum atomic E-state index is -0.706. The predicted octanol–water partition coefficient (Wildman–Crippen LogP) is 3.39. The van der Waals surface area contributed by atoms with Gasteiger partial charge in [0.25, 0.3) is 0 Å². The van der Waals surface area contributed by atoms with E-state index in [1.807, 2.05) is 30.3 Å². The first-order chi connectivity index (χ1) is 15.0. The second kappa shape index (κ2) is 7.85. The highest BCUT2D eigenvalue weighted by atomic mass is 16.5. The highest BCUT2D eigenvalue weighted by Crippen LogP contribution is 2.49. The third kappa shape index (κ3) is 3.61. The average Bonchev–Trinajstić information content (AvgIpc) is 3.10. The van der Waals surface area contributed by atoms with Gasteiger partial charge in [0.15, 0.2) is 0 Å². The maximum atomic E-state index is 12.9. The van der Waals surface area contributed by atoms with Crippen LogP contribution in [0.2, 0.25) is 0 Å². The molecular formula is C25H27N3O3. The van der Waals surface area contributed by atoms with Crippen LogP contribution in [0.15, 0.2) is 54.6 Å². The number of nitrogens with zero attached hydrogens (tertiary/aromatic N) is 2. The fraction of sp³-hybridized carbons (Fsp3) is 0.360. The van der Waals surface area contributed by atoms with E-state index in [9.17, 15) is 9.59 Å². The minimum Gasteiger partial charge on any atom is -0.444 e. The smallest absolute Gasteiger partial charge is 0.414 e. The summed E-state index contributed by atoms with van der Waals surface area (Å²) in [6, 6.07) is 16.2. The maximum absolute atomic E-state index is 12.9. The Morgan fingerprint density at radius 1 is 1.06 bits per heavy atom. The lowest BCUT2D eigenvalue weighted by Crippen LogP contribution is -2.47. The van der Waals surface area contributed by atoms with Gasteiger partial charge in [-0.15, -0.1) is 0 Å². The Morgan fingerprint density at radius 2 is 1.87 bits per heavy atom. The Labute approximate surface area is 182 Å². The number of benzene rings is 2. The van der Waals surface area contributed by atoms with Crippen LogP contribution in [0.3, 0.4) is 0 Å². The molecule has 3 atom stereocenters. The van der Waals surface area contributed by atoms with Crippen molar-refractivity contribution in [3.05, 3.63) is 71.3 Å². The van der Waals surface area contributed by atoms with Gasteiger partial charge in [0.1, 0.15) is 6.61 Å². The van der Waals surface area contributed by atoms with E-state index >= 15 is 0 Å².